The number of methoxy groups -OCH3 is 1. The number of aromatic nitrogens is 2. The van der Waals surface area contributed by atoms with E-state index >= 15 is 0 Å². The van der Waals surface area contributed by atoms with Gasteiger partial charge >= 0.3 is 0 Å². The van der Waals surface area contributed by atoms with Crippen molar-refractivity contribution in [3.05, 3.63) is 99.9 Å². The van der Waals surface area contributed by atoms with Crippen molar-refractivity contribution >= 4 is 16.8 Å². The highest BCUT2D eigenvalue weighted by atomic mass is 19.1. The lowest BCUT2D eigenvalue weighted by atomic mass is 10.1. The monoisotopic (exact) mass is 445 g/mol. The van der Waals surface area contributed by atoms with Gasteiger partial charge in [-0.15, -0.1) is 0 Å². The summed E-state index contributed by atoms with van der Waals surface area (Å²) in [6, 6.07) is 17.4. The fraction of sp³-hybridized carbons (Fsp3) is 0.192. The summed E-state index contributed by atoms with van der Waals surface area (Å²) < 4.78 is 20.4. The first-order valence-electron chi connectivity index (χ1n) is 10.5. The van der Waals surface area contributed by atoms with Gasteiger partial charge < -0.3 is 9.64 Å². The van der Waals surface area contributed by atoms with E-state index in [1.807, 2.05) is 25.1 Å². The standard InChI is InChI=1S/C26H24FN3O3/c1-16-9-14-23(33-4)22(15-16)30-24(28-21-8-6-5-7-20(21)26(30)32)17(2)29(3)25(31)18-10-12-19(27)13-11-18/h5-15,17H,1-4H3. The van der Waals surface area contributed by atoms with Crippen molar-refractivity contribution in [2.75, 3.05) is 14.2 Å². The molecule has 1 unspecified atom stereocenters. The molecule has 0 saturated heterocycles. The van der Waals surface area contributed by atoms with E-state index in [1.165, 1.54) is 33.7 Å². The van der Waals surface area contributed by atoms with E-state index in [2.05, 4.69) is 0 Å². The molecular formula is C26H24FN3O3. The van der Waals surface area contributed by atoms with E-state index in [0.717, 1.165) is 5.56 Å². The largest absolute Gasteiger partial charge is 0.495 e. The van der Waals surface area contributed by atoms with Crippen molar-refractivity contribution < 1.29 is 13.9 Å². The van der Waals surface area contributed by atoms with Crippen LogP contribution in [0.15, 0.2) is 71.5 Å². The minimum Gasteiger partial charge on any atom is -0.495 e. The number of rotatable bonds is 5. The van der Waals surface area contributed by atoms with Crippen molar-refractivity contribution in [2.24, 2.45) is 0 Å². The second kappa shape index (κ2) is 8.86. The Bertz CT molecular complexity index is 1400. The molecule has 4 rings (SSSR count). The van der Waals surface area contributed by atoms with Crippen molar-refractivity contribution in [3.63, 3.8) is 0 Å². The van der Waals surface area contributed by atoms with Crippen LogP contribution in [0.2, 0.25) is 0 Å². The molecule has 1 heterocycles. The van der Waals surface area contributed by atoms with Gasteiger partial charge in [0.05, 0.1) is 29.7 Å². The van der Waals surface area contributed by atoms with Gasteiger partial charge in [-0.1, -0.05) is 18.2 Å². The molecule has 1 aromatic heterocycles. The first-order valence-corrected chi connectivity index (χ1v) is 10.5. The van der Waals surface area contributed by atoms with Gasteiger partial charge in [0.2, 0.25) is 0 Å². The Morgan fingerprint density at radius 3 is 2.48 bits per heavy atom. The van der Waals surface area contributed by atoms with E-state index in [4.69, 9.17) is 9.72 Å². The molecule has 0 aliphatic heterocycles. The number of carbonyl (C=O) groups excluding carboxylic acids is 1. The summed E-state index contributed by atoms with van der Waals surface area (Å²) in [5.41, 5.74) is 2.11. The molecule has 3 aromatic carbocycles. The molecule has 7 heteroatoms. The molecule has 0 N–H and O–H groups in total. The SMILES string of the molecule is COc1ccc(C)cc1-n1c(C(C)N(C)C(=O)c2ccc(F)cc2)nc2ccccc2c1=O. The Morgan fingerprint density at radius 1 is 1.09 bits per heavy atom. The summed E-state index contributed by atoms with van der Waals surface area (Å²) in [7, 11) is 3.18. The minimum absolute atomic E-state index is 0.256. The molecular weight excluding hydrogens is 421 g/mol. The average molecular weight is 445 g/mol. The third-order valence-corrected chi connectivity index (χ3v) is 5.74. The third kappa shape index (κ3) is 4.09. The zero-order valence-electron chi connectivity index (χ0n) is 18.9. The molecule has 4 aromatic rings. The highest BCUT2D eigenvalue weighted by Gasteiger charge is 2.26. The first-order chi connectivity index (χ1) is 15.8. The lowest BCUT2D eigenvalue weighted by Gasteiger charge is -2.27. The number of aryl methyl sites for hydroxylation is 1. The van der Waals surface area contributed by atoms with Crippen LogP contribution >= 0.6 is 0 Å². The predicted octanol–water partition coefficient (Wildman–Crippen LogP) is 4.68. The number of halogens is 1. The van der Waals surface area contributed by atoms with Crippen molar-refractivity contribution in [3.8, 4) is 11.4 Å². The summed E-state index contributed by atoms with van der Waals surface area (Å²) in [4.78, 5) is 33.0. The van der Waals surface area contributed by atoms with Crippen LogP contribution in [0.3, 0.4) is 0 Å². The highest BCUT2D eigenvalue weighted by Crippen LogP contribution is 2.28. The van der Waals surface area contributed by atoms with Gasteiger partial charge in [-0.05, 0) is 67.9 Å². The molecule has 6 nitrogen and oxygen atoms in total. The number of hydrogen-bond acceptors (Lipinski definition) is 4. The van der Waals surface area contributed by atoms with Crippen LogP contribution in [-0.2, 0) is 0 Å². The Morgan fingerprint density at radius 2 is 1.79 bits per heavy atom. The Labute approximate surface area is 190 Å². The van der Waals surface area contributed by atoms with E-state index in [1.54, 1.807) is 45.3 Å². The number of para-hydroxylation sites is 1. The van der Waals surface area contributed by atoms with Gasteiger partial charge in [0.1, 0.15) is 17.4 Å². The second-order valence-corrected chi connectivity index (χ2v) is 7.90. The maximum absolute atomic E-state index is 13.7. The highest BCUT2D eigenvalue weighted by molar-refractivity contribution is 5.94. The van der Waals surface area contributed by atoms with Crippen LogP contribution in [0.1, 0.15) is 34.7 Å². The van der Waals surface area contributed by atoms with Gasteiger partial charge in [-0.3, -0.25) is 14.2 Å². The molecule has 0 radical (unpaired) electrons. The quantitative estimate of drug-likeness (QED) is 0.448. The van der Waals surface area contributed by atoms with Crippen LogP contribution in [-0.4, -0.2) is 34.5 Å². The van der Waals surface area contributed by atoms with Crippen molar-refractivity contribution in [1.29, 1.82) is 0 Å². The second-order valence-electron chi connectivity index (χ2n) is 7.90. The molecule has 0 saturated carbocycles. The number of fused-ring (bicyclic) bond motifs is 1. The van der Waals surface area contributed by atoms with Gasteiger partial charge in [-0.2, -0.15) is 0 Å². The zero-order chi connectivity index (χ0) is 23.7. The maximum Gasteiger partial charge on any atom is 0.266 e. The lowest BCUT2D eigenvalue weighted by Crippen LogP contribution is -2.35. The van der Waals surface area contributed by atoms with E-state index < -0.39 is 11.9 Å². The summed E-state index contributed by atoms with van der Waals surface area (Å²) in [6.45, 7) is 3.73. The number of carbonyl (C=O) groups is 1. The van der Waals surface area contributed by atoms with Crippen LogP contribution in [0, 0.1) is 12.7 Å². The zero-order valence-corrected chi connectivity index (χ0v) is 18.9. The van der Waals surface area contributed by atoms with Gasteiger partial charge in [0.25, 0.3) is 11.5 Å². The normalized spacial score (nSPS) is 11.9. The molecule has 0 fully saturated rings. The first kappa shape index (κ1) is 22.2. The molecule has 0 aliphatic rings. The van der Waals surface area contributed by atoms with Gasteiger partial charge in [0.15, 0.2) is 0 Å². The van der Waals surface area contributed by atoms with E-state index in [0.29, 0.717) is 33.7 Å². The van der Waals surface area contributed by atoms with Crippen LogP contribution in [0.4, 0.5) is 4.39 Å². The van der Waals surface area contributed by atoms with Crippen molar-refractivity contribution in [2.45, 2.75) is 19.9 Å². The third-order valence-electron chi connectivity index (χ3n) is 5.74. The molecule has 1 amide bonds. The Balaban J connectivity index is 1.92. The molecule has 33 heavy (non-hydrogen) atoms. The Kier molecular flexibility index (Phi) is 5.96. The molecule has 168 valence electrons. The minimum atomic E-state index is -0.579. The fourth-order valence-corrected chi connectivity index (χ4v) is 3.78. The molecule has 0 aliphatic carbocycles. The predicted molar refractivity (Wildman–Crippen MR) is 126 cm³/mol. The van der Waals surface area contributed by atoms with Crippen LogP contribution in [0.25, 0.3) is 16.6 Å². The number of nitrogens with zero attached hydrogens (tertiary/aromatic N) is 3. The van der Waals surface area contributed by atoms with Gasteiger partial charge in [0, 0.05) is 12.6 Å². The van der Waals surface area contributed by atoms with Crippen LogP contribution in [0.5, 0.6) is 5.75 Å². The molecule has 0 bridgehead atoms. The number of ether oxygens (including phenoxy) is 1. The summed E-state index contributed by atoms with van der Waals surface area (Å²) in [5.74, 6) is 0.174. The van der Waals surface area contributed by atoms with E-state index in [9.17, 15) is 14.0 Å². The number of amides is 1. The number of hydrogen-bond donors (Lipinski definition) is 0. The fourth-order valence-electron chi connectivity index (χ4n) is 3.78. The topological polar surface area (TPSA) is 64.4 Å². The number of benzene rings is 3. The van der Waals surface area contributed by atoms with Crippen LogP contribution < -0.4 is 10.3 Å². The van der Waals surface area contributed by atoms with Gasteiger partial charge in [-0.25, -0.2) is 9.37 Å². The summed E-state index contributed by atoms with van der Waals surface area (Å²) in [6.07, 6.45) is 0. The Hall–Kier alpha value is -4.00. The lowest BCUT2D eigenvalue weighted by molar-refractivity contribution is 0.0735. The van der Waals surface area contributed by atoms with E-state index in [-0.39, 0.29) is 11.5 Å². The molecule has 1 atom stereocenters. The molecule has 0 spiro atoms. The maximum atomic E-state index is 13.7. The van der Waals surface area contributed by atoms with Crippen molar-refractivity contribution in [1.82, 2.24) is 14.5 Å². The average Bonchev–Trinajstić information content (AvgIpc) is 2.83. The summed E-state index contributed by atoms with van der Waals surface area (Å²) in [5, 5.41) is 0.463. The smallest absolute Gasteiger partial charge is 0.266 e. The summed E-state index contributed by atoms with van der Waals surface area (Å²) >= 11 is 0.